The second kappa shape index (κ2) is 7.33. The zero-order valence-electron chi connectivity index (χ0n) is 11.8. The summed E-state index contributed by atoms with van der Waals surface area (Å²) in [5, 5.41) is 2.42. The summed E-state index contributed by atoms with van der Waals surface area (Å²) in [6, 6.07) is 6.78. The van der Waals surface area contributed by atoms with E-state index in [1.807, 2.05) is 0 Å². The molecule has 0 amide bonds. The Morgan fingerprint density at radius 2 is 1.38 bits per heavy atom. The fraction of sp³-hybridized carbons (Fsp3) is 0.0625. The molecular weight excluding hydrogens is 433 g/mol. The van der Waals surface area contributed by atoms with Gasteiger partial charge in [-0.2, -0.15) is 0 Å². The van der Waals surface area contributed by atoms with Crippen molar-refractivity contribution in [3.63, 3.8) is 0 Å². The number of hydrogen-bond acceptors (Lipinski definition) is 1. The SMILES string of the molecule is Clc1cc(Cl)c(-c2c[nH]c(Cc3cc(Cl)c(Cl)c(Cl)c3)n2)cc1Cl. The predicted molar refractivity (Wildman–Crippen MR) is 103 cm³/mol. The number of hydrogen-bond donors (Lipinski definition) is 1. The molecular formula is C16H8Cl6N2. The van der Waals surface area contributed by atoms with Gasteiger partial charge < -0.3 is 4.98 Å². The number of halogens is 6. The molecule has 0 aliphatic rings. The molecule has 3 aromatic rings. The van der Waals surface area contributed by atoms with Crippen LogP contribution in [0.15, 0.2) is 30.5 Å². The molecule has 1 N–H and O–H groups in total. The van der Waals surface area contributed by atoms with Crippen LogP contribution in [0.1, 0.15) is 11.4 Å². The summed E-state index contributed by atoms with van der Waals surface area (Å²) in [7, 11) is 0. The van der Waals surface area contributed by atoms with Crippen molar-refractivity contribution < 1.29 is 0 Å². The molecule has 2 aromatic carbocycles. The van der Waals surface area contributed by atoms with Gasteiger partial charge in [0.25, 0.3) is 0 Å². The third-order valence-electron chi connectivity index (χ3n) is 3.33. The fourth-order valence-electron chi connectivity index (χ4n) is 2.21. The molecule has 0 unspecified atom stereocenters. The smallest absolute Gasteiger partial charge is 0.111 e. The highest BCUT2D eigenvalue weighted by Crippen LogP contribution is 2.35. The van der Waals surface area contributed by atoms with Gasteiger partial charge in [0, 0.05) is 18.2 Å². The van der Waals surface area contributed by atoms with Gasteiger partial charge in [0.1, 0.15) is 5.82 Å². The van der Waals surface area contributed by atoms with Crippen molar-refractivity contribution in [2.75, 3.05) is 0 Å². The summed E-state index contributed by atoms with van der Waals surface area (Å²) >= 11 is 36.3. The van der Waals surface area contributed by atoms with E-state index >= 15 is 0 Å². The number of rotatable bonds is 3. The monoisotopic (exact) mass is 438 g/mol. The van der Waals surface area contributed by atoms with Crippen molar-refractivity contribution in [2.45, 2.75) is 6.42 Å². The molecule has 8 heteroatoms. The van der Waals surface area contributed by atoms with E-state index < -0.39 is 0 Å². The van der Waals surface area contributed by atoms with Crippen LogP contribution in [0.4, 0.5) is 0 Å². The second-order valence-corrected chi connectivity index (χ2v) is 7.44. The van der Waals surface area contributed by atoms with Crippen LogP contribution >= 0.6 is 69.6 Å². The van der Waals surface area contributed by atoms with E-state index in [1.165, 1.54) is 0 Å². The summed E-state index contributed by atoms with van der Waals surface area (Å²) in [6.07, 6.45) is 2.26. The summed E-state index contributed by atoms with van der Waals surface area (Å²) in [5.74, 6) is 0.724. The molecule has 0 radical (unpaired) electrons. The van der Waals surface area contributed by atoms with E-state index in [-0.39, 0.29) is 0 Å². The molecule has 0 aliphatic heterocycles. The van der Waals surface area contributed by atoms with E-state index in [1.54, 1.807) is 30.5 Å². The fourth-order valence-corrected chi connectivity index (χ4v) is 3.50. The molecule has 0 saturated carbocycles. The maximum Gasteiger partial charge on any atom is 0.111 e. The van der Waals surface area contributed by atoms with Gasteiger partial charge in [-0.3, -0.25) is 0 Å². The van der Waals surface area contributed by atoms with Crippen LogP contribution in [-0.2, 0) is 6.42 Å². The zero-order chi connectivity index (χ0) is 17.4. The molecule has 1 aromatic heterocycles. The number of imidazole rings is 1. The summed E-state index contributed by atoms with van der Waals surface area (Å²) in [6.45, 7) is 0. The molecule has 124 valence electrons. The molecule has 0 fully saturated rings. The first-order valence-electron chi connectivity index (χ1n) is 6.67. The minimum absolute atomic E-state index is 0.338. The first kappa shape index (κ1) is 18.2. The van der Waals surface area contributed by atoms with Crippen molar-refractivity contribution in [3.8, 4) is 11.3 Å². The normalized spacial score (nSPS) is 11.1. The molecule has 0 bridgehead atoms. The average Bonchev–Trinajstić information content (AvgIpc) is 2.96. The van der Waals surface area contributed by atoms with E-state index in [9.17, 15) is 0 Å². The van der Waals surface area contributed by atoms with Gasteiger partial charge in [-0.25, -0.2) is 4.98 Å². The third-order valence-corrected chi connectivity index (χ3v) is 5.56. The van der Waals surface area contributed by atoms with Crippen LogP contribution in [0.5, 0.6) is 0 Å². The Morgan fingerprint density at radius 3 is 2.04 bits per heavy atom. The zero-order valence-corrected chi connectivity index (χ0v) is 16.3. The maximum absolute atomic E-state index is 6.22. The molecule has 0 atom stereocenters. The molecule has 1 heterocycles. The number of H-pyrrole nitrogens is 1. The van der Waals surface area contributed by atoms with Gasteiger partial charge in [-0.15, -0.1) is 0 Å². The van der Waals surface area contributed by atoms with Crippen LogP contribution in [0.3, 0.4) is 0 Å². The highest BCUT2D eigenvalue weighted by molar-refractivity contribution is 6.48. The Labute approximate surface area is 168 Å². The van der Waals surface area contributed by atoms with Crippen molar-refractivity contribution in [1.82, 2.24) is 9.97 Å². The number of aromatic amines is 1. The Hall–Kier alpha value is -0.610. The minimum atomic E-state index is 0.338. The van der Waals surface area contributed by atoms with E-state index in [0.717, 1.165) is 11.4 Å². The summed E-state index contributed by atoms with van der Waals surface area (Å²) in [4.78, 5) is 7.63. The van der Waals surface area contributed by atoms with Crippen molar-refractivity contribution in [3.05, 3.63) is 72.0 Å². The molecule has 24 heavy (non-hydrogen) atoms. The lowest BCUT2D eigenvalue weighted by Crippen LogP contribution is -1.92. The quantitative estimate of drug-likeness (QED) is 0.330. The van der Waals surface area contributed by atoms with E-state index in [4.69, 9.17) is 69.6 Å². The van der Waals surface area contributed by atoms with Crippen molar-refractivity contribution in [1.29, 1.82) is 0 Å². The van der Waals surface area contributed by atoms with Crippen molar-refractivity contribution in [2.24, 2.45) is 0 Å². The van der Waals surface area contributed by atoms with E-state index in [0.29, 0.717) is 47.8 Å². The first-order valence-corrected chi connectivity index (χ1v) is 8.94. The first-order chi connectivity index (χ1) is 11.3. The number of aromatic nitrogens is 2. The molecule has 0 aliphatic carbocycles. The Balaban J connectivity index is 1.90. The van der Waals surface area contributed by atoms with Crippen LogP contribution in [0.25, 0.3) is 11.3 Å². The van der Waals surface area contributed by atoms with Gasteiger partial charge in [0.15, 0.2) is 0 Å². The Morgan fingerprint density at radius 1 is 0.750 bits per heavy atom. The van der Waals surface area contributed by atoms with Gasteiger partial charge in [-0.05, 0) is 29.8 Å². The molecule has 0 saturated heterocycles. The maximum atomic E-state index is 6.22. The number of nitrogens with zero attached hydrogens (tertiary/aromatic N) is 1. The Bertz CT molecular complexity index is 896. The Kier molecular flexibility index (Phi) is 5.55. The molecule has 0 spiro atoms. The van der Waals surface area contributed by atoms with Crippen LogP contribution < -0.4 is 0 Å². The van der Waals surface area contributed by atoms with Gasteiger partial charge in [0.05, 0.1) is 35.8 Å². The van der Waals surface area contributed by atoms with Gasteiger partial charge in [0.2, 0.25) is 0 Å². The van der Waals surface area contributed by atoms with Crippen LogP contribution in [-0.4, -0.2) is 9.97 Å². The van der Waals surface area contributed by atoms with E-state index in [2.05, 4.69) is 9.97 Å². The third kappa shape index (κ3) is 3.80. The molecule has 3 rings (SSSR count). The number of benzene rings is 2. The van der Waals surface area contributed by atoms with Crippen LogP contribution in [0, 0.1) is 0 Å². The molecule has 2 nitrogen and oxygen atoms in total. The van der Waals surface area contributed by atoms with Gasteiger partial charge >= 0.3 is 0 Å². The second-order valence-electron chi connectivity index (χ2n) is 5.03. The lowest BCUT2D eigenvalue weighted by molar-refractivity contribution is 1.03. The highest BCUT2D eigenvalue weighted by atomic mass is 35.5. The predicted octanol–water partition coefficient (Wildman–Crippen LogP) is 7.59. The summed E-state index contributed by atoms with van der Waals surface area (Å²) in [5.41, 5.74) is 2.25. The highest BCUT2D eigenvalue weighted by Gasteiger charge is 2.13. The topological polar surface area (TPSA) is 28.7 Å². The summed E-state index contributed by atoms with van der Waals surface area (Å²) < 4.78 is 0. The van der Waals surface area contributed by atoms with Crippen LogP contribution in [0.2, 0.25) is 30.1 Å². The van der Waals surface area contributed by atoms with Gasteiger partial charge in [-0.1, -0.05) is 69.6 Å². The average molecular weight is 441 g/mol. The minimum Gasteiger partial charge on any atom is -0.348 e. The lowest BCUT2D eigenvalue weighted by atomic mass is 10.1. The lowest BCUT2D eigenvalue weighted by Gasteiger charge is -2.04. The standard InChI is InChI=1S/C16H8Cl6N2/c17-9-5-11(19)10(18)4-8(9)14-6-23-15(24-14)3-7-1-12(20)16(22)13(21)2-7/h1-2,4-6H,3H2,(H,23,24). The largest absolute Gasteiger partial charge is 0.348 e. The number of nitrogens with one attached hydrogen (secondary N) is 1. The van der Waals surface area contributed by atoms with Crippen molar-refractivity contribution >= 4 is 69.6 Å².